The van der Waals surface area contributed by atoms with Crippen LogP contribution in [0, 0.1) is 0 Å². The van der Waals surface area contributed by atoms with Crippen LogP contribution in [0.1, 0.15) is 88.6 Å². The minimum absolute atomic E-state index is 0.0263. The fourth-order valence-electron chi connectivity index (χ4n) is 10.4. The minimum atomic E-state index is -0.289. The fraction of sp³-hybridized carbons (Fsp3) is 0.213. The van der Waals surface area contributed by atoms with Crippen molar-refractivity contribution in [3.05, 3.63) is 228 Å². The molecule has 2 nitrogen and oxygen atoms in total. The summed E-state index contributed by atoms with van der Waals surface area (Å²) in [5, 5.41) is 2.55. The van der Waals surface area contributed by atoms with Gasteiger partial charge in [0.05, 0.1) is 11.6 Å². The zero-order chi connectivity index (χ0) is 43.5. The molecule has 2 aliphatic carbocycles. The number of para-hydroxylation sites is 2. The molecule has 10 rings (SSSR count). The molecule has 1 heterocycles. The molecule has 7 aromatic rings. The Morgan fingerprint density at radius 3 is 1.95 bits per heavy atom. The van der Waals surface area contributed by atoms with Crippen LogP contribution in [0.2, 0.25) is 0 Å². The van der Waals surface area contributed by atoms with Gasteiger partial charge in [-0.1, -0.05) is 199 Å². The summed E-state index contributed by atoms with van der Waals surface area (Å²) in [4.78, 5) is 5.21. The van der Waals surface area contributed by atoms with Crippen molar-refractivity contribution in [3.8, 4) is 11.1 Å². The van der Waals surface area contributed by atoms with E-state index in [1.165, 1.54) is 83.6 Å². The van der Waals surface area contributed by atoms with Gasteiger partial charge in [0.25, 0.3) is 0 Å². The summed E-state index contributed by atoms with van der Waals surface area (Å²) in [7, 11) is 0. The second-order valence-corrected chi connectivity index (χ2v) is 20.0. The highest BCUT2D eigenvalue weighted by molar-refractivity contribution is 6.05. The van der Waals surface area contributed by atoms with Gasteiger partial charge in [0.15, 0.2) is 0 Å². The lowest BCUT2D eigenvalue weighted by Crippen LogP contribution is -2.42. The summed E-state index contributed by atoms with van der Waals surface area (Å²) in [6.45, 7) is 16.5. The van der Waals surface area contributed by atoms with Gasteiger partial charge in [0, 0.05) is 28.7 Å². The Balaban J connectivity index is 1.16. The minimum Gasteiger partial charge on any atom is -0.334 e. The van der Waals surface area contributed by atoms with Crippen molar-refractivity contribution in [1.29, 1.82) is 0 Å². The maximum absolute atomic E-state index is 2.66. The smallest absolute Gasteiger partial charge is 0.0718 e. The van der Waals surface area contributed by atoms with E-state index in [9.17, 15) is 0 Å². The van der Waals surface area contributed by atoms with Crippen molar-refractivity contribution in [2.24, 2.45) is 0 Å². The third-order valence-corrected chi connectivity index (χ3v) is 13.7. The van der Waals surface area contributed by atoms with E-state index >= 15 is 0 Å². The van der Waals surface area contributed by atoms with E-state index in [4.69, 9.17) is 0 Å². The molecule has 0 spiro atoms. The number of anilines is 4. The second-order valence-electron chi connectivity index (χ2n) is 20.0. The molecule has 2 heteroatoms. The maximum Gasteiger partial charge on any atom is 0.0718 e. The normalized spacial score (nSPS) is 19.4. The number of hydrogen-bond acceptors (Lipinski definition) is 2. The monoisotopic (exact) mass is 818 g/mol. The fourth-order valence-corrected chi connectivity index (χ4v) is 10.4. The van der Waals surface area contributed by atoms with E-state index in [1.54, 1.807) is 0 Å². The van der Waals surface area contributed by atoms with Gasteiger partial charge >= 0.3 is 0 Å². The molecular weight excluding hydrogens is 761 g/mol. The average molecular weight is 819 g/mol. The highest BCUT2D eigenvalue weighted by atomic mass is 15.2. The van der Waals surface area contributed by atoms with Crippen molar-refractivity contribution < 1.29 is 0 Å². The molecule has 0 amide bonds. The highest BCUT2D eigenvalue weighted by Crippen LogP contribution is 2.55. The van der Waals surface area contributed by atoms with Crippen LogP contribution in [-0.2, 0) is 10.8 Å². The van der Waals surface area contributed by atoms with Crippen LogP contribution in [-0.4, -0.2) is 11.6 Å². The van der Waals surface area contributed by atoms with Gasteiger partial charge in [-0.2, -0.15) is 0 Å². The lowest BCUT2D eigenvalue weighted by Gasteiger charge is -2.40. The number of fused-ring (bicyclic) bond motifs is 4. The van der Waals surface area contributed by atoms with E-state index < -0.39 is 0 Å². The molecule has 0 saturated carbocycles. The number of allylic oxidation sites excluding steroid dienone is 4. The Morgan fingerprint density at radius 2 is 1.24 bits per heavy atom. The van der Waals surface area contributed by atoms with Gasteiger partial charge in [0.2, 0.25) is 0 Å². The number of nitrogens with zero attached hydrogens (tertiary/aromatic N) is 2. The summed E-state index contributed by atoms with van der Waals surface area (Å²) in [6.07, 6.45) is 15.2. The van der Waals surface area contributed by atoms with Crippen LogP contribution in [0.5, 0.6) is 0 Å². The molecule has 1 aliphatic heterocycles. The van der Waals surface area contributed by atoms with E-state index in [0.29, 0.717) is 0 Å². The van der Waals surface area contributed by atoms with Crippen LogP contribution in [0.4, 0.5) is 22.7 Å². The first-order chi connectivity index (χ1) is 30.4. The molecule has 0 bridgehead atoms. The summed E-state index contributed by atoms with van der Waals surface area (Å²) < 4.78 is 0. The van der Waals surface area contributed by atoms with Crippen molar-refractivity contribution in [2.45, 2.75) is 83.2 Å². The molecule has 0 N–H and O–H groups in total. The maximum atomic E-state index is 2.66. The molecule has 312 valence electrons. The summed E-state index contributed by atoms with van der Waals surface area (Å²) in [6, 6.07) is 61.1. The first-order valence-electron chi connectivity index (χ1n) is 22.7. The molecule has 0 aromatic heterocycles. The second kappa shape index (κ2) is 15.6. The van der Waals surface area contributed by atoms with E-state index in [2.05, 4.69) is 259 Å². The standard InChI is InChI=1S/C61H58N2/c1-59(2,3)46-38-47(60(4,5)6)40-50(39-46)62(56-33-16-14-29-52(56)53-32-20-24-43-23-19-31-51(58(43)53)42-21-10-8-11-22-42)49-28-18-25-44(37-49)45-35-36-55-54-30-15-17-34-57(54)63(61(55,7)41-45)48-26-12-9-13-27-48/h8-32,34-41,55-56H,33H2,1-7H3. The Morgan fingerprint density at radius 1 is 0.603 bits per heavy atom. The third-order valence-electron chi connectivity index (χ3n) is 13.7. The lowest BCUT2D eigenvalue weighted by atomic mass is 9.77. The van der Waals surface area contributed by atoms with Gasteiger partial charge in [-0.3, -0.25) is 0 Å². The first kappa shape index (κ1) is 40.4. The summed E-state index contributed by atoms with van der Waals surface area (Å²) >= 11 is 0. The van der Waals surface area contributed by atoms with Crippen molar-refractivity contribution in [1.82, 2.24) is 0 Å². The molecule has 0 fully saturated rings. The average Bonchev–Trinajstić information content (AvgIpc) is 3.56. The van der Waals surface area contributed by atoms with Gasteiger partial charge < -0.3 is 9.80 Å². The SMILES string of the molecule is CC(C)(C)c1cc(N(c2cccc(C3=CC4(C)C(C=C3)c3ccccc3N4c3ccccc3)c2)C2CC=CC=C2c2cccc3cccc(-c4ccccc4)c23)cc(C(C)(C)C)c1. The van der Waals surface area contributed by atoms with Crippen LogP contribution in [0.15, 0.2) is 200 Å². The molecule has 63 heavy (non-hydrogen) atoms. The summed E-state index contributed by atoms with van der Waals surface area (Å²) in [5.41, 5.74) is 16.1. The van der Waals surface area contributed by atoms with Gasteiger partial charge in [-0.25, -0.2) is 0 Å². The van der Waals surface area contributed by atoms with Gasteiger partial charge in [-0.15, -0.1) is 0 Å². The number of benzene rings is 7. The third kappa shape index (κ3) is 7.26. The molecule has 0 saturated heterocycles. The summed E-state index contributed by atoms with van der Waals surface area (Å²) in [5.74, 6) is 0.233. The van der Waals surface area contributed by atoms with Crippen molar-refractivity contribution in [2.75, 3.05) is 9.80 Å². The van der Waals surface area contributed by atoms with Crippen LogP contribution >= 0.6 is 0 Å². The van der Waals surface area contributed by atoms with Gasteiger partial charge in [-0.05, 0) is 128 Å². The zero-order valence-corrected chi connectivity index (χ0v) is 37.8. The molecular formula is C61H58N2. The zero-order valence-electron chi connectivity index (χ0n) is 37.8. The first-order valence-corrected chi connectivity index (χ1v) is 22.7. The Bertz CT molecular complexity index is 2930. The van der Waals surface area contributed by atoms with Crippen LogP contribution in [0.25, 0.3) is 33.0 Å². The van der Waals surface area contributed by atoms with Crippen LogP contribution in [0.3, 0.4) is 0 Å². The number of hydrogen-bond donors (Lipinski definition) is 0. The predicted octanol–water partition coefficient (Wildman–Crippen LogP) is 16.3. The van der Waals surface area contributed by atoms with Crippen LogP contribution < -0.4 is 9.80 Å². The Hall–Kier alpha value is -6.64. The predicted molar refractivity (Wildman–Crippen MR) is 271 cm³/mol. The van der Waals surface area contributed by atoms with Crippen molar-refractivity contribution >= 4 is 44.7 Å². The van der Waals surface area contributed by atoms with Crippen molar-refractivity contribution in [3.63, 3.8) is 0 Å². The quantitative estimate of drug-likeness (QED) is 0.158. The molecule has 3 unspecified atom stereocenters. The largest absolute Gasteiger partial charge is 0.334 e. The van der Waals surface area contributed by atoms with Gasteiger partial charge in [0.1, 0.15) is 0 Å². The molecule has 3 aliphatic rings. The van der Waals surface area contributed by atoms with E-state index in [0.717, 1.165) is 6.42 Å². The molecule has 7 aromatic carbocycles. The Labute approximate surface area is 375 Å². The molecule has 3 atom stereocenters. The van der Waals surface area contributed by atoms with E-state index in [-0.39, 0.29) is 28.3 Å². The Kier molecular flexibility index (Phi) is 10.0. The lowest BCUT2D eigenvalue weighted by molar-refractivity contribution is 0.544. The topological polar surface area (TPSA) is 6.48 Å². The van der Waals surface area contributed by atoms with E-state index in [1.807, 2.05) is 0 Å². The molecule has 0 radical (unpaired) electrons. The highest BCUT2D eigenvalue weighted by Gasteiger charge is 2.47. The number of rotatable bonds is 7.